The van der Waals surface area contributed by atoms with Gasteiger partial charge in [0.1, 0.15) is 23.9 Å². The first kappa shape index (κ1) is 26.6. The number of para-hydroxylation sites is 2. The molecule has 0 bridgehead atoms. The van der Waals surface area contributed by atoms with Crippen LogP contribution in [0.25, 0.3) is 11.0 Å². The van der Waals surface area contributed by atoms with Crippen LogP contribution in [0, 0.1) is 0 Å². The summed E-state index contributed by atoms with van der Waals surface area (Å²) in [5, 5.41) is 1.65. The molecule has 202 valence electrons. The van der Waals surface area contributed by atoms with E-state index in [1.807, 2.05) is 72.3 Å². The minimum Gasteiger partial charge on any atom is -0.486 e. The van der Waals surface area contributed by atoms with Crippen molar-refractivity contribution < 1.29 is 19.1 Å². The molecule has 39 heavy (non-hydrogen) atoms. The number of nitrogens with zero attached hydrogens (tertiary/aromatic N) is 3. The predicted molar refractivity (Wildman–Crippen MR) is 155 cm³/mol. The summed E-state index contributed by atoms with van der Waals surface area (Å²) in [6, 6.07) is 22.0. The molecule has 8 nitrogen and oxygen atoms in total. The maximum Gasteiger partial charge on any atom is 0.286 e. The number of thioether (sulfide) groups is 1. The largest absolute Gasteiger partial charge is 0.486 e. The first-order chi connectivity index (χ1) is 18.8. The highest BCUT2D eigenvalue weighted by Crippen LogP contribution is 2.34. The number of ether oxygens (including phenoxy) is 2. The van der Waals surface area contributed by atoms with E-state index in [9.17, 15) is 9.59 Å². The number of aryl methyl sites for hydroxylation is 1. The van der Waals surface area contributed by atoms with Crippen molar-refractivity contribution in [2.24, 2.45) is 7.05 Å². The Morgan fingerprint density at radius 3 is 2.49 bits per heavy atom. The summed E-state index contributed by atoms with van der Waals surface area (Å²) >= 11 is 1.04. The molecule has 0 aliphatic carbocycles. The van der Waals surface area contributed by atoms with Crippen molar-refractivity contribution in [1.29, 1.82) is 0 Å². The highest BCUT2D eigenvalue weighted by Gasteiger charge is 2.31. The van der Waals surface area contributed by atoms with Crippen LogP contribution in [0.15, 0.2) is 66.7 Å². The smallest absolute Gasteiger partial charge is 0.286 e. The lowest BCUT2D eigenvalue weighted by atomic mass is 10.1. The van der Waals surface area contributed by atoms with E-state index in [1.165, 1.54) is 0 Å². The van der Waals surface area contributed by atoms with Crippen LogP contribution in [0.3, 0.4) is 0 Å². The van der Waals surface area contributed by atoms with Gasteiger partial charge in [0.25, 0.3) is 5.24 Å². The zero-order valence-electron chi connectivity index (χ0n) is 22.5. The van der Waals surface area contributed by atoms with Gasteiger partial charge < -0.3 is 18.9 Å². The molecule has 1 aromatic heterocycles. The van der Waals surface area contributed by atoms with Crippen molar-refractivity contribution in [2.75, 3.05) is 11.4 Å². The Balaban J connectivity index is 1.27. The zero-order valence-corrected chi connectivity index (χ0v) is 23.3. The summed E-state index contributed by atoms with van der Waals surface area (Å²) < 4.78 is 14.4. The van der Waals surface area contributed by atoms with Gasteiger partial charge in [-0.15, -0.1) is 0 Å². The Morgan fingerprint density at radius 1 is 1.05 bits per heavy atom. The quantitative estimate of drug-likeness (QED) is 0.259. The molecule has 0 spiro atoms. The van der Waals surface area contributed by atoms with Gasteiger partial charge in [-0.25, -0.2) is 4.98 Å². The Hall–Kier alpha value is -3.98. The highest BCUT2D eigenvalue weighted by atomic mass is 32.2. The summed E-state index contributed by atoms with van der Waals surface area (Å²) in [7, 11) is 1.97. The minimum absolute atomic E-state index is 0.233. The number of aromatic nitrogens is 2. The molecule has 0 saturated carbocycles. The van der Waals surface area contributed by atoms with Gasteiger partial charge in [-0.05, 0) is 69.2 Å². The molecule has 3 aromatic carbocycles. The van der Waals surface area contributed by atoms with Crippen LogP contribution in [-0.2, 0) is 24.9 Å². The fourth-order valence-corrected chi connectivity index (χ4v) is 5.60. The second-order valence-corrected chi connectivity index (χ2v) is 10.9. The number of imidazole rings is 1. The summed E-state index contributed by atoms with van der Waals surface area (Å²) in [5.41, 5.74) is 3.86. The van der Waals surface area contributed by atoms with Crippen molar-refractivity contribution in [3.05, 3.63) is 78.1 Å². The van der Waals surface area contributed by atoms with Gasteiger partial charge in [-0.1, -0.05) is 36.0 Å². The number of fused-ring (bicyclic) bond motifs is 1. The van der Waals surface area contributed by atoms with Gasteiger partial charge in [0.05, 0.1) is 22.0 Å². The summed E-state index contributed by atoms with van der Waals surface area (Å²) in [5.74, 6) is 2.83. The monoisotopic (exact) mass is 544 g/mol. The van der Waals surface area contributed by atoms with Crippen LogP contribution in [0.2, 0.25) is 0 Å². The molecular formula is C30H32N4O4S. The fourth-order valence-electron chi connectivity index (χ4n) is 4.74. The third-order valence-corrected chi connectivity index (χ3v) is 7.77. The molecular weight excluding hydrogens is 512 g/mol. The third-order valence-electron chi connectivity index (χ3n) is 6.79. The van der Waals surface area contributed by atoms with Crippen molar-refractivity contribution >= 4 is 39.6 Å². The molecule has 0 radical (unpaired) electrons. The molecule has 9 heteroatoms. The van der Waals surface area contributed by atoms with Crippen LogP contribution in [0.4, 0.5) is 10.5 Å². The summed E-state index contributed by atoms with van der Waals surface area (Å²) in [6.07, 6.45) is 0.496. The van der Waals surface area contributed by atoms with Crippen LogP contribution in [0.5, 0.6) is 17.2 Å². The molecule has 1 saturated heterocycles. The average Bonchev–Trinajstić information content (AvgIpc) is 3.41. The van der Waals surface area contributed by atoms with Crippen molar-refractivity contribution in [3.63, 3.8) is 0 Å². The van der Waals surface area contributed by atoms with E-state index in [4.69, 9.17) is 14.5 Å². The lowest BCUT2D eigenvalue weighted by molar-refractivity contribution is -0.118. The molecule has 1 atom stereocenters. The third kappa shape index (κ3) is 5.88. The Labute approximate surface area is 232 Å². The molecule has 1 unspecified atom stereocenters. The van der Waals surface area contributed by atoms with Gasteiger partial charge in [0.15, 0.2) is 5.75 Å². The Morgan fingerprint density at radius 2 is 1.79 bits per heavy atom. The van der Waals surface area contributed by atoms with Crippen LogP contribution < -0.4 is 19.7 Å². The first-order valence-electron chi connectivity index (χ1n) is 13.0. The number of benzene rings is 3. The maximum atomic E-state index is 11.8. The number of carbonyl (C=O) groups is 2. The number of imide groups is 1. The van der Waals surface area contributed by atoms with Crippen LogP contribution in [-0.4, -0.2) is 38.5 Å². The minimum atomic E-state index is -0.382. The topological polar surface area (TPSA) is 85.7 Å². The number of hydrogen-bond donors (Lipinski definition) is 1. The van der Waals surface area contributed by atoms with Crippen molar-refractivity contribution in [2.45, 2.75) is 45.1 Å². The normalized spacial score (nSPS) is 15.2. The number of nitrogens with one attached hydrogen (secondary N) is 1. The molecule has 2 amide bonds. The lowest BCUT2D eigenvalue weighted by Gasteiger charge is -2.29. The summed E-state index contributed by atoms with van der Waals surface area (Å²) in [6.45, 7) is 7.70. The molecule has 4 aromatic rings. The number of rotatable bonds is 10. The SMILES string of the molecule is CCN(c1ccccc1Oc1ccc2nc(COc3ccc(CC4SC(=O)NC4=O)cc3)n(C)c2c1)C(C)C. The van der Waals surface area contributed by atoms with E-state index >= 15 is 0 Å². The molecule has 1 aliphatic heterocycles. The molecule has 2 heterocycles. The van der Waals surface area contributed by atoms with Crippen molar-refractivity contribution in [1.82, 2.24) is 14.9 Å². The van der Waals surface area contributed by atoms with Crippen LogP contribution in [0.1, 0.15) is 32.2 Å². The maximum absolute atomic E-state index is 11.8. The van der Waals surface area contributed by atoms with Crippen molar-refractivity contribution in [3.8, 4) is 17.2 Å². The highest BCUT2D eigenvalue weighted by molar-refractivity contribution is 8.15. The lowest BCUT2D eigenvalue weighted by Crippen LogP contribution is -2.30. The fraction of sp³-hybridized carbons (Fsp3) is 0.300. The van der Waals surface area contributed by atoms with Crippen LogP contribution >= 0.6 is 11.8 Å². The van der Waals surface area contributed by atoms with E-state index in [0.29, 0.717) is 24.8 Å². The number of anilines is 1. The van der Waals surface area contributed by atoms with E-state index in [-0.39, 0.29) is 16.4 Å². The zero-order chi connectivity index (χ0) is 27.5. The Bertz CT molecular complexity index is 1500. The number of amides is 2. The standard InChI is InChI=1S/C30H32N4O4S/c1-5-34(19(2)3)24-8-6-7-9-26(24)38-22-14-15-23-25(17-22)33(4)28(31-23)18-37-21-12-10-20(11-13-21)16-27-29(35)32-30(36)39-27/h6-15,17,19,27H,5,16,18H2,1-4H3,(H,32,35,36). The van der Waals surface area contributed by atoms with Gasteiger partial charge in [0, 0.05) is 25.7 Å². The predicted octanol–water partition coefficient (Wildman–Crippen LogP) is 6.07. The van der Waals surface area contributed by atoms with Gasteiger partial charge >= 0.3 is 0 Å². The van der Waals surface area contributed by atoms with Gasteiger partial charge in [0.2, 0.25) is 5.91 Å². The van der Waals surface area contributed by atoms with E-state index in [2.05, 4.69) is 37.1 Å². The second kappa shape index (κ2) is 11.4. The molecule has 1 fully saturated rings. The molecule has 5 rings (SSSR count). The number of hydrogen-bond acceptors (Lipinski definition) is 7. The van der Waals surface area contributed by atoms with Gasteiger partial charge in [-0.2, -0.15) is 0 Å². The number of carbonyl (C=O) groups excluding carboxylic acids is 2. The van der Waals surface area contributed by atoms with E-state index in [1.54, 1.807) is 0 Å². The molecule has 1 aliphatic rings. The second-order valence-electron chi connectivity index (χ2n) is 9.71. The Kier molecular flexibility index (Phi) is 7.79. The summed E-state index contributed by atoms with van der Waals surface area (Å²) in [4.78, 5) is 30.3. The van der Waals surface area contributed by atoms with E-state index < -0.39 is 0 Å². The molecule has 1 N–H and O–H groups in total. The van der Waals surface area contributed by atoms with E-state index in [0.717, 1.165) is 57.9 Å². The van der Waals surface area contributed by atoms with Gasteiger partial charge in [-0.3, -0.25) is 14.9 Å². The average molecular weight is 545 g/mol. The first-order valence-corrected chi connectivity index (χ1v) is 13.9.